The maximum atomic E-state index is 12.1. The number of carbonyl (C=O) groups excluding carboxylic acids is 1. The Hall–Kier alpha value is -1.84. The summed E-state index contributed by atoms with van der Waals surface area (Å²) >= 11 is 0. The van der Waals surface area contributed by atoms with Crippen LogP contribution in [0.4, 0.5) is 0 Å². The van der Waals surface area contributed by atoms with Gasteiger partial charge in [-0.05, 0) is 38.3 Å². The Morgan fingerprint density at radius 2 is 2.11 bits per heavy atom. The standard InChI is InChI=1S/C14H17NO3/c1-10-4-2-5-11(8-10)13(18)15-14(6-3-7-14)9-12(16)17/h2,4-5,8H,3,6-7,9H2,1H3,(H,15,18)(H,16,17). The van der Waals surface area contributed by atoms with E-state index in [1.807, 2.05) is 25.1 Å². The van der Waals surface area contributed by atoms with Crippen molar-refractivity contribution in [2.45, 2.75) is 38.1 Å². The third-order valence-corrected chi connectivity index (χ3v) is 3.46. The predicted molar refractivity (Wildman–Crippen MR) is 67.5 cm³/mol. The van der Waals surface area contributed by atoms with Gasteiger partial charge >= 0.3 is 5.97 Å². The van der Waals surface area contributed by atoms with Crippen LogP contribution in [0.25, 0.3) is 0 Å². The lowest BCUT2D eigenvalue weighted by Gasteiger charge is -2.41. The molecule has 4 heteroatoms. The summed E-state index contributed by atoms with van der Waals surface area (Å²) in [5.74, 6) is -1.04. The number of amides is 1. The Balaban J connectivity index is 2.08. The van der Waals surface area contributed by atoms with Gasteiger partial charge in [0.2, 0.25) is 0 Å². The lowest BCUT2D eigenvalue weighted by Crippen LogP contribution is -2.54. The first-order valence-electron chi connectivity index (χ1n) is 6.12. The molecule has 0 atom stereocenters. The molecule has 96 valence electrons. The van der Waals surface area contributed by atoms with Gasteiger partial charge in [-0.2, -0.15) is 0 Å². The first-order chi connectivity index (χ1) is 8.51. The zero-order valence-electron chi connectivity index (χ0n) is 10.4. The lowest BCUT2D eigenvalue weighted by atomic mass is 9.74. The van der Waals surface area contributed by atoms with Crippen LogP contribution >= 0.6 is 0 Å². The predicted octanol–water partition coefficient (Wildman–Crippen LogP) is 2.12. The maximum Gasteiger partial charge on any atom is 0.305 e. The van der Waals surface area contributed by atoms with Gasteiger partial charge in [-0.1, -0.05) is 17.7 Å². The van der Waals surface area contributed by atoms with E-state index in [1.165, 1.54) is 0 Å². The molecule has 0 unspecified atom stereocenters. The molecule has 2 N–H and O–H groups in total. The summed E-state index contributed by atoms with van der Waals surface area (Å²) in [7, 11) is 0. The first-order valence-corrected chi connectivity index (χ1v) is 6.12. The van der Waals surface area contributed by atoms with Crippen LogP contribution in [-0.2, 0) is 4.79 Å². The number of hydrogen-bond donors (Lipinski definition) is 2. The van der Waals surface area contributed by atoms with Gasteiger partial charge in [-0.3, -0.25) is 9.59 Å². The summed E-state index contributed by atoms with van der Waals surface area (Å²) in [5.41, 5.74) is 1.07. The molecule has 0 radical (unpaired) electrons. The number of nitrogens with one attached hydrogen (secondary N) is 1. The van der Waals surface area contributed by atoms with Crippen molar-refractivity contribution in [3.05, 3.63) is 35.4 Å². The largest absolute Gasteiger partial charge is 0.481 e. The molecule has 0 saturated heterocycles. The van der Waals surface area contributed by atoms with Gasteiger partial charge in [0, 0.05) is 5.56 Å². The molecule has 4 nitrogen and oxygen atoms in total. The molecule has 1 aliphatic rings. The van der Waals surface area contributed by atoms with Crippen molar-refractivity contribution in [3.63, 3.8) is 0 Å². The molecule has 2 rings (SSSR count). The smallest absolute Gasteiger partial charge is 0.305 e. The van der Waals surface area contributed by atoms with Crippen molar-refractivity contribution < 1.29 is 14.7 Å². The normalized spacial score (nSPS) is 16.7. The summed E-state index contributed by atoms with van der Waals surface area (Å²) in [5, 5.41) is 11.8. The van der Waals surface area contributed by atoms with E-state index in [2.05, 4.69) is 5.32 Å². The van der Waals surface area contributed by atoms with Crippen molar-refractivity contribution >= 4 is 11.9 Å². The van der Waals surface area contributed by atoms with E-state index in [1.54, 1.807) is 6.07 Å². The zero-order chi connectivity index (χ0) is 13.2. The average Bonchev–Trinajstić information content (AvgIpc) is 2.25. The van der Waals surface area contributed by atoms with Gasteiger partial charge in [0.25, 0.3) is 5.91 Å². The monoisotopic (exact) mass is 247 g/mol. The van der Waals surface area contributed by atoms with E-state index in [0.29, 0.717) is 5.56 Å². The fourth-order valence-corrected chi connectivity index (χ4v) is 2.34. The van der Waals surface area contributed by atoms with Gasteiger partial charge < -0.3 is 10.4 Å². The topological polar surface area (TPSA) is 66.4 Å². The van der Waals surface area contributed by atoms with Crippen LogP contribution in [0, 0.1) is 6.92 Å². The number of aryl methyl sites for hydroxylation is 1. The van der Waals surface area contributed by atoms with E-state index < -0.39 is 11.5 Å². The van der Waals surface area contributed by atoms with Crippen molar-refractivity contribution in [3.8, 4) is 0 Å². The second-order valence-electron chi connectivity index (χ2n) is 5.03. The summed E-state index contributed by atoms with van der Waals surface area (Å²) in [6, 6.07) is 7.31. The van der Waals surface area contributed by atoms with E-state index in [0.717, 1.165) is 24.8 Å². The lowest BCUT2D eigenvalue weighted by molar-refractivity contribution is -0.139. The number of benzene rings is 1. The SMILES string of the molecule is Cc1cccc(C(=O)NC2(CC(=O)O)CCC2)c1. The molecular weight excluding hydrogens is 230 g/mol. The molecule has 1 fully saturated rings. The highest BCUT2D eigenvalue weighted by atomic mass is 16.4. The van der Waals surface area contributed by atoms with E-state index in [9.17, 15) is 9.59 Å². The van der Waals surface area contributed by atoms with Crippen LogP contribution in [0.2, 0.25) is 0 Å². The molecule has 0 bridgehead atoms. The van der Waals surface area contributed by atoms with Crippen molar-refractivity contribution in [1.82, 2.24) is 5.32 Å². The molecule has 18 heavy (non-hydrogen) atoms. The van der Waals surface area contributed by atoms with Crippen LogP contribution in [0.3, 0.4) is 0 Å². The molecule has 1 saturated carbocycles. The number of carboxylic acid groups (broad SMARTS) is 1. The van der Waals surface area contributed by atoms with E-state index in [4.69, 9.17) is 5.11 Å². The molecule has 1 aliphatic carbocycles. The minimum Gasteiger partial charge on any atom is -0.481 e. The second kappa shape index (κ2) is 4.80. The number of carboxylic acids is 1. The molecule has 1 aromatic carbocycles. The van der Waals surface area contributed by atoms with Crippen LogP contribution < -0.4 is 5.32 Å². The quantitative estimate of drug-likeness (QED) is 0.856. The van der Waals surface area contributed by atoms with Crippen molar-refractivity contribution in [2.24, 2.45) is 0 Å². The summed E-state index contributed by atoms with van der Waals surface area (Å²) in [6.45, 7) is 1.92. The van der Waals surface area contributed by atoms with Crippen LogP contribution in [-0.4, -0.2) is 22.5 Å². The van der Waals surface area contributed by atoms with Gasteiger partial charge in [-0.25, -0.2) is 0 Å². The fourth-order valence-electron chi connectivity index (χ4n) is 2.34. The minimum atomic E-state index is -0.862. The molecule has 1 aromatic rings. The Labute approximate surface area is 106 Å². The molecular formula is C14H17NO3. The van der Waals surface area contributed by atoms with Crippen molar-refractivity contribution in [1.29, 1.82) is 0 Å². The average molecular weight is 247 g/mol. The highest BCUT2D eigenvalue weighted by Gasteiger charge is 2.40. The number of hydrogen-bond acceptors (Lipinski definition) is 2. The minimum absolute atomic E-state index is 0.00452. The van der Waals surface area contributed by atoms with E-state index in [-0.39, 0.29) is 12.3 Å². The third kappa shape index (κ3) is 2.70. The summed E-state index contributed by atoms with van der Waals surface area (Å²) in [6.07, 6.45) is 2.47. The molecule has 1 amide bonds. The Kier molecular flexibility index (Phi) is 3.36. The van der Waals surface area contributed by atoms with Crippen LogP contribution in [0.15, 0.2) is 24.3 Å². The van der Waals surface area contributed by atoms with Gasteiger partial charge in [0.15, 0.2) is 0 Å². The molecule has 0 heterocycles. The zero-order valence-corrected chi connectivity index (χ0v) is 10.4. The van der Waals surface area contributed by atoms with Gasteiger partial charge in [0.1, 0.15) is 0 Å². The summed E-state index contributed by atoms with van der Waals surface area (Å²) in [4.78, 5) is 22.9. The number of carbonyl (C=O) groups is 2. The first kappa shape index (κ1) is 12.6. The second-order valence-corrected chi connectivity index (χ2v) is 5.03. The highest BCUT2D eigenvalue weighted by Crippen LogP contribution is 2.35. The Morgan fingerprint density at radius 1 is 1.39 bits per heavy atom. The van der Waals surface area contributed by atoms with Crippen LogP contribution in [0.5, 0.6) is 0 Å². The Bertz CT molecular complexity index is 478. The highest BCUT2D eigenvalue weighted by molar-refractivity contribution is 5.95. The van der Waals surface area contributed by atoms with Gasteiger partial charge in [0.05, 0.1) is 12.0 Å². The van der Waals surface area contributed by atoms with Gasteiger partial charge in [-0.15, -0.1) is 0 Å². The third-order valence-electron chi connectivity index (χ3n) is 3.46. The number of aliphatic carboxylic acids is 1. The molecule has 0 aromatic heterocycles. The molecule has 0 aliphatic heterocycles. The Morgan fingerprint density at radius 3 is 2.61 bits per heavy atom. The van der Waals surface area contributed by atoms with Crippen LogP contribution in [0.1, 0.15) is 41.6 Å². The summed E-state index contributed by atoms with van der Waals surface area (Å²) < 4.78 is 0. The number of rotatable bonds is 4. The van der Waals surface area contributed by atoms with E-state index >= 15 is 0 Å². The van der Waals surface area contributed by atoms with Crippen molar-refractivity contribution in [2.75, 3.05) is 0 Å². The maximum absolute atomic E-state index is 12.1. The fraction of sp³-hybridized carbons (Fsp3) is 0.429. The molecule has 0 spiro atoms.